The highest BCUT2D eigenvalue weighted by Crippen LogP contribution is 2.17. The van der Waals surface area contributed by atoms with Crippen molar-refractivity contribution in [3.63, 3.8) is 0 Å². The number of rotatable bonds is 4. The highest BCUT2D eigenvalue weighted by molar-refractivity contribution is 6.30. The van der Waals surface area contributed by atoms with Crippen LogP contribution >= 0.6 is 23.2 Å². The van der Waals surface area contributed by atoms with Gasteiger partial charge in [0.1, 0.15) is 5.82 Å². The van der Waals surface area contributed by atoms with Crippen LogP contribution in [0.5, 0.6) is 0 Å². The Morgan fingerprint density at radius 2 is 1.40 bits per heavy atom. The molecule has 0 saturated carbocycles. The molecule has 2 N–H and O–H groups in total. The van der Waals surface area contributed by atoms with Crippen LogP contribution in [0.2, 0.25) is 10.0 Å². The summed E-state index contributed by atoms with van der Waals surface area (Å²) in [5.41, 5.74) is 1.57. The molecule has 0 spiro atoms. The molecule has 0 aliphatic rings. The standard InChI is InChI=1S/C11H8ClFN2.C7H6ClNO/c12-8-4-6-9(7-5-8)14-11-3-1-2-10(13)15-11;8-6-1-3-7(4-2-6)9-5-10/h1-7H,(H,14,15);1-5H,(H,9,10). The van der Waals surface area contributed by atoms with Crippen LogP contribution in [0.15, 0.2) is 66.7 Å². The van der Waals surface area contributed by atoms with Gasteiger partial charge in [-0.15, -0.1) is 0 Å². The molecule has 4 nitrogen and oxygen atoms in total. The number of carbonyl (C=O) groups is 1. The molecular formula is C18H14Cl2FN3O. The zero-order valence-electron chi connectivity index (χ0n) is 12.9. The fourth-order valence-corrected chi connectivity index (χ4v) is 2.03. The maximum atomic E-state index is 12.8. The van der Waals surface area contributed by atoms with Crippen LogP contribution in [0.25, 0.3) is 0 Å². The molecule has 1 aromatic heterocycles. The van der Waals surface area contributed by atoms with Crippen LogP contribution in [0.4, 0.5) is 21.6 Å². The Bertz CT molecular complexity index is 811. The number of nitrogens with zero attached hydrogens (tertiary/aromatic N) is 1. The second kappa shape index (κ2) is 9.61. The Morgan fingerprint density at radius 1 is 0.840 bits per heavy atom. The van der Waals surface area contributed by atoms with Crippen molar-refractivity contribution in [1.82, 2.24) is 4.98 Å². The third-order valence-electron chi connectivity index (χ3n) is 2.90. The molecule has 0 fully saturated rings. The number of halogens is 3. The summed E-state index contributed by atoms with van der Waals surface area (Å²) in [6.07, 6.45) is 0.628. The molecule has 1 heterocycles. The molecule has 0 aliphatic carbocycles. The van der Waals surface area contributed by atoms with Gasteiger partial charge in [0.25, 0.3) is 0 Å². The van der Waals surface area contributed by atoms with E-state index in [-0.39, 0.29) is 0 Å². The summed E-state index contributed by atoms with van der Waals surface area (Å²) in [4.78, 5) is 13.6. The molecule has 128 valence electrons. The molecule has 0 bridgehead atoms. The van der Waals surface area contributed by atoms with Crippen LogP contribution in [0.1, 0.15) is 0 Å². The van der Waals surface area contributed by atoms with E-state index in [4.69, 9.17) is 23.2 Å². The van der Waals surface area contributed by atoms with Crippen LogP contribution in [0.3, 0.4) is 0 Å². The number of hydrogen-bond acceptors (Lipinski definition) is 3. The summed E-state index contributed by atoms with van der Waals surface area (Å²) in [7, 11) is 0. The van der Waals surface area contributed by atoms with Crippen molar-refractivity contribution in [2.75, 3.05) is 10.6 Å². The predicted molar refractivity (Wildman–Crippen MR) is 100 cm³/mol. The third kappa shape index (κ3) is 6.79. The minimum atomic E-state index is -0.506. The minimum Gasteiger partial charge on any atom is -0.340 e. The summed E-state index contributed by atoms with van der Waals surface area (Å²) >= 11 is 11.3. The maximum Gasteiger partial charge on any atom is 0.214 e. The third-order valence-corrected chi connectivity index (χ3v) is 3.41. The number of pyridine rings is 1. The Hall–Kier alpha value is -2.63. The SMILES string of the molecule is Fc1cccc(Nc2ccc(Cl)cc2)n1.O=CNc1ccc(Cl)cc1. The molecule has 3 rings (SSSR count). The van der Waals surface area contributed by atoms with Crippen molar-refractivity contribution >= 4 is 46.8 Å². The summed E-state index contributed by atoms with van der Waals surface area (Å²) in [6.45, 7) is 0. The van der Waals surface area contributed by atoms with Gasteiger partial charge in [0.2, 0.25) is 12.4 Å². The maximum absolute atomic E-state index is 12.8. The van der Waals surface area contributed by atoms with Gasteiger partial charge < -0.3 is 10.6 Å². The number of benzene rings is 2. The summed E-state index contributed by atoms with van der Waals surface area (Å²) in [6, 6.07) is 18.6. The molecule has 0 aliphatic heterocycles. The average Bonchev–Trinajstić information content (AvgIpc) is 2.60. The Morgan fingerprint density at radius 3 is 1.92 bits per heavy atom. The van der Waals surface area contributed by atoms with Crippen molar-refractivity contribution in [2.45, 2.75) is 0 Å². The molecule has 0 radical (unpaired) electrons. The van der Waals surface area contributed by atoms with E-state index in [2.05, 4.69) is 15.6 Å². The number of carbonyl (C=O) groups excluding carboxylic acids is 1. The monoisotopic (exact) mass is 377 g/mol. The highest BCUT2D eigenvalue weighted by atomic mass is 35.5. The van der Waals surface area contributed by atoms with E-state index >= 15 is 0 Å². The number of aromatic nitrogens is 1. The van der Waals surface area contributed by atoms with E-state index in [9.17, 15) is 9.18 Å². The summed E-state index contributed by atoms with van der Waals surface area (Å²) in [5, 5.41) is 6.78. The van der Waals surface area contributed by atoms with Gasteiger partial charge in [-0.3, -0.25) is 4.79 Å². The van der Waals surface area contributed by atoms with Gasteiger partial charge in [-0.1, -0.05) is 29.3 Å². The Kier molecular flexibility index (Phi) is 7.19. The predicted octanol–water partition coefficient (Wildman–Crippen LogP) is 5.53. The summed E-state index contributed by atoms with van der Waals surface area (Å²) < 4.78 is 12.8. The highest BCUT2D eigenvalue weighted by Gasteiger charge is 1.97. The lowest BCUT2D eigenvalue weighted by Crippen LogP contribution is -1.94. The van der Waals surface area contributed by atoms with Gasteiger partial charge in [0.05, 0.1) is 0 Å². The van der Waals surface area contributed by atoms with Crippen molar-refractivity contribution in [1.29, 1.82) is 0 Å². The first-order chi connectivity index (χ1) is 12.1. The van der Waals surface area contributed by atoms with Crippen molar-refractivity contribution in [2.24, 2.45) is 0 Å². The van der Waals surface area contributed by atoms with Gasteiger partial charge in [-0.25, -0.2) is 4.98 Å². The molecule has 0 saturated heterocycles. The second-order valence-corrected chi connectivity index (χ2v) is 5.62. The topological polar surface area (TPSA) is 54.0 Å². The van der Waals surface area contributed by atoms with Gasteiger partial charge >= 0.3 is 0 Å². The van der Waals surface area contributed by atoms with E-state index in [0.717, 1.165) is 11.4 Å². The molecule has 2 aromatic carbocycles. The van der Waals surface area contributed by atoms with Gasteiger partial charge in [0.15, 0.2) is 0 Å². The van der Waals surface area contributed by atoms with Crippen molar-refractivity contribution in [3.05, 3.63) is 82.7 Å². The lowest BCUT2D eigenvalue weighted by Gasteiger charge is -2.04. The van der Waals surface area contributed by atoms with Crippen LogP contribution in [0, 0.1) is 5.95 Å². The van der Waals surface area contributed by atoms with Crippen LogP contribution in [-0.4, -0.2) is 11.4 Å². The van der Waals surface area contributed by atoms with Crippen molar-refractivity contribution < 1.29 is 9.18 Å². The first-order valence-electron chi connectivity index (χ1n) is 7.18. The summed E-state index contributed by atoms with van der Waals surface area (Å²) in [5.74, 6) is -0.0358. The largest absolute Gasteiger partial charge is 0.340 e. The number of amides is 1. The van der Waals surface area contributed by atoms with E-state index in [1.165, 1.54) is 6.07 Å². The average molecular weight is 378 g/mol. The molecule has 7 heteroatoms. The fourth-order valence-electron chi connectivity index (χ4n) is 1.77. The van der Waals surface area contributed by atoms with E-state index in [0.29, 0.717) is 22.3 Å². The molecular weight excluding hydrogens is 364 g/mol. The quantitative estimate of drug-likeness (QED) is 0.464. The molecule has 0 atom stereocenters. The van der Waals surface area contributed by atoms with E-state index in [1.54, 1.807) is 60.7 Å². The first kappa shape index (κ1) is 18.7. The molecule has 25 heavy (non-hydrogen) atoms. The first-order valence-corrected chi connectivity index (χ1v) is 7.93. The van der Waals surface area contributed by atoms with E-state index < -0.39 is 5.95 Å². The lowest BCUT2D eigenvalue weighted by molar-refractivity contribution is -0.105. The Balaban J connectivity index is 0.000000196. The number of nitrogens with one attached hydrogen (secondary N) is 2. The van der Waals surface area contributed by atoms with Gasteiger partial charge in [0, 0.05) is 21.4 Å². The number of anilines is 3. The molecule has 3 aromatic rings. The normalized spacial score (nSPS) is 9.56. The van der Waals surface area contributed by atoms with Crippen LogP contribution < -0.4 is 10.6 Å². The van der Waals surface area contributed by atoms with E-state index in [1.807, 2.05) is 0 Å². The number of hydrogen-bond donors (Lipinski definition) is 2. The Labute approximate surface area is 154 Å². The fraction of sp³-hybridized carbons (Fsp3) is 0. The zero-order valence-corrected chi connectivity index (χ0v) is 14.4. The second-order valence-electron chi connectivity index (χ2n) is 4.75. The van der Waals surface area contributed by atoms with Crippen LogP contribution in [-0.2, 0) is 4.79 Å². The van der Waals surface area contributed by atoms with Crippen molar-refractivity contribution in [3.8, 4) is 0 Å². The lowest BCUT2D eigenvalue weighted by atomic mass is 10.3. The smallest absolute Gasteiger partial charge is 0.214 e. The molecule has 1 amide bonds. The zero-order chi connectivity index (χ0) is 18.1. The van der Waals surface area contributed by atoms with Gasteiger partial charge in [-0.2, -0.15) is 4.39 Å². The minimum absolute atomic E-state index is 0.470. The molecule has 0 unspecified atom stereocenters. The van der Waals surface area contributed by atoms with Gasteiger partial charge in [-0.05, 0) is 60.7 Å².